The minimum Gasteiger partial charge on any atom is -0.481 e. The van der Waals surface area contributed by atoms with Gasteiger partial charge < -0.3 is 15.4 Å². The fourth-order valence-electron chi connectivity index (χ4n) is 2.89. The molecule has 1 amide bonds. The molecule has 1 aromatic heterocycles. The molecule has 1 aliphatic rings. The number of nitrogens with zero attached hydrogens (tertiary/aromatic N) is 1. The van der Waals surface area contributed by atoms with E-state index in [1.54, 1.807) is 6.92 Å². The van der Waals surface area contributed by atoms with Gasteiger partial charge >= 0.3 is 11.7 Å². The summed E-state index contributed by atoms with van der Waals surface area (Å²) in [6.07, 6.45) is 0.819. The molecule has 126 valence electrons. The number of aromatic nitrogens is 2. The molecule has 8 nitrogen and oxygen atoms in total. The highest BCUT2D eigenvalue weighted by Gasteiger charge is 2.35. The zero-order valence-electron chi connectivity index (χ0n) is 13.0. The molecule has 8 heteroatoms. The van der Waals surface area contributed by atoms with Crippen LogP contribution in [0.3, 0.4) is 0 Å². The van der Waals surface area contributed by atoms with Crippen molar-refractivity contribution in [2.45, 2.75) is 32.4 Å². The van der Waals surface area contributed by atoms with E-state index in [2.05, 4.69) is 10.3 Å². The van der Waals surface area contributed by atoms with Crippen LogP contribution in [0.4, 0.5) is 0 Å². The molecule has 1 saturated carbocycles. The van der Waals surface area contributed by atoms with E-state index in [4.69, 9.17) is 5.11 Å². The molecule has 0 aliphatic heterocycles. The molecule has 1 fully saturated rings. The maximum absolute atomic E-state index is 12.2. The highest BCUT2D eigenvalue weighted by Crippen LogP contribution is 2.27. The lowest BCUT2D eigenvalue weighted by atomic mass is 9.80. The smallest absolute Gasteiger partial charge is 0.328 e. The van der Waals surface area contributed by atoms with Crippen molar-refractivity contribution in [1.29, 1.82) is 0 Å². The molecular formula is C16H17N3O5. The minimum absolute atomic E-state index is 0.165. The van der Waals surface area contributed by atoms with Crippen molar-refractivity contribution in [3.63, 3.8) is 0 Å². The van der Waals surface area contributed by atoms with Crippen molar-refractivity contribution in [1.82, 2.24) is 14.9 Å². The minimum atomic E-state index is -0.851. The van der Waals surface area contributed by atoms with Crippen molar-refractivity contribution < 1.29 is 14.7 Å². The van der Waals surface area contributed by atoms with E-state index in [1.165, 1.54) is 18.2 Å². The van der Waals surface area contributed by atoms with Gasteiger partial charge in [-0.1, -0.05) is 0 Å². The normalized spacial score (nSPS) is 19.7. The lowest BCUT2D eigenvalue weighted by Gasteiger charge is -2.32. The second-order valence-corrected chi connectivity index (χ2v) is 5.92. The van der Waals surface area contributed by atoms with Crippen LogP contribution in [0.15, 0.2) is 27.8 Å². The topological polar surface area (TPSA) is 121 Å². The monoisotopic (exact) mass is 331 g/mol. The van der Waals surface area contributed by atoms with Crippen LogP contribution in [0.2, 0.25) is 0 Å². The summed E-state index contributed by atoms with van der Waals surface area (Å²) < 4.78 is 1.09. The summed E-state index contributed by atoms with van der Waals surface area (Å²) in [5, 5.41) is 11.9. The van der Waals surface area contributed by atoms with Crippen LogP contribution in [-0.4, -0.2) is 32.6 Å². The molecular weight excluding hydrogens is 314 g/mol. The first-order chi connectivity index (χ1) is 11.4. The number of carboxylic acids is 1. The Morgan fingerprint density at radius 2 is 2.04 bits per heavy atom. The Kier molecular flexibility index (Phi) is 3.96. The summed E-state index contributed by atoms with van der Waals surface area (Å²) in [4.78, 5) is 49.6. The zero-order valence-corrected chi connectivity index (χ0v) is 13.0. The molecule has 0 unspecified atom stereocenters. The van der Waals surface area contributed by atoms with Crippen LogP contribution in [-0.2, 0) is 11.3 Å². The molecule has 3 rings (SSSR count). The predicted octanol–water partition coefficient (Wildman–Crippen LogP) is 0.303. The standard InChI is InChI=1S/C16H17N3O5/c1-2-19-14(21)11-4-3-8(7-12(11)18-16(19)24)13(20)17-10-5-9(6-10)15(22)23/h3-4,7,9-10H,2,5-6H2,1H3,(H,17,20)(H,18,24)(H,22,23). The zero-order chi connectivity index (χ0) is 17.4. The Hall–Kier alpha value is -2.90. The average molecular weight is 331 g/mol. The molecule has 0 radical (unpaired) electrons. The van der Waals surface area contributed by atoms with Crippen molar-refractivity contribution in [3.8, 4) is 0 Å². The number of fused-ring (bicyclic) bond motifs is 1. The Morgan fingerprint density at radius 1 is 1.33 bits per heavy atom. The van der Waals surface area contributed by atoms with Gasteiger partial charge in [-0.2, -0.15) is 0 Å². The Labute approximate surface area is 136 Å². The maximum atomic E-state index is 12.2. The van der Waals surface area contributed by atoms with Gasteiger partial charge in [0.1, 0.15) is 0 Å². The van der Waals surface area contributed by atoms with E-state index in [0.29, 0.717) is 29.3 Å². The van der Waals surface area contributed by atoms with E-state index < -0.39 is 23.1 Å². The second-order valence-electron chi connectivity index (χ2n) is 5.92. The van der Waals surface area contributed by atoms with Crippen molar-refractivity contribution in [3.05, 3.63) is 44.6 Å². The fraction of sp³-hybridized carbons (Fsp3) is 0.375. The van der Waals surface area contributed by atoms with Gasteiger partial charge in [-0.3, -0.25) is 19.0 Å². The lowest BCUT2D eigenvalue weighted by Crippen LogP contribution is -2.46. The van der Waals surface area contributed by atoms with E-state index in [-0.39, 0.29) is 18.5 Å². The molecule has 1 aliphatic carbocycles. The number of carbonyl (C=O) groups excluding carboxylic acids is 1. The van der Waals surface area contributed by atoms with E-state index in [9.17, 15) is 19.2 Å². The van der Waals surface area contributed by atoms with Crippen molar-refractivity contribution in [2.24, 2.45) is 5.92 Å². The third kappa shape index (κ3) is 2.70. The number of amides is 1. The van der Waals surface area contributed by atoms with Crippen LogP contribution in [0.25, 0.3) is 10.9 Å². The van der Waals surface area contributed by atoms with E-state index >= 15 is 0 Å². The molecule has 1 aromatic carbocycles. The van der Waals surface area contributed by atoms with Crippen LogP contribution < -0.4 is 16.6 Å². The number of nitrogens with one attached hydrogen (secondary N) is 2. The number of H-pyrrole nitrogens is 1. The number of carboxylic acid groups (broad SMARTS) is 1. The molecule has 0 saturated heterocycles. The summed E-state index contributed by atoms with van der Waals surface area (Å²) in [6.45, 7) is 1.96. The number of rotatable bonds is 4. The summed E-state index contributed by atoms with van der Waals surface area (Å²) >= 11 is 0. The number of hydrogen-bond acceptors (Lipinski definition) is 4. The Bertz CT molecular complexity index is 937. The van der Waals surface area contributed by atoms with Gasteiger partial charge in [-0.15, -0.1) is 0 Å². The highest BCUT2D eigenvalue weighted by molar-refractivity contribution is 5.97. The average Bonchev–Trinajstić information content (AvgIpc) is 2.49. The largest absolute Gasteiger partial charge is 0.481 e. The SMILES string of the molecule is CCn1c(=O)[nH]c2cc(C(=O)NC3CC(C(=O)O)C3)ccc2c1=O. The number of carbonyl (C=O) groups is 2. The Balaban J connectivity index is 1.83. The molecule has 3 N–H and O–H groups in total. The summed E-state index contributed by atoms with van der Waals surface area (Å²) in [6, 6.07) is 4.32. The number of hydrogen-bond donors (Lipinski definition) is 3. The molecule has 0 spiro atoms. The van der Waals surface area contributed by atoms with Gasteiger partial charge in [0.2, 0.25) is 0 Å². The molecule has 0 atom stereocenters. The molecule has 24 heavy (non-hydrogen) atoms. The van der Waals surface area contributed by atoms with Gasteiger partial charge in [-0.25, -0.2) is 4.79 Å². The van der Waals surface area contributed by atoms with Crippen LogP contribution in [0.5, 0.6) is 0 Å². The number of aliphatic carboxylic acids is 1. The molecule has 0 bridgehead atoms. The van der Waals surface area contributed by atoms with E-state index in [0.717, 1.165) is 4.57 Å². The summed E-state index contributed by atoms with van der Waals surface area (Å²) in [7, 11) is 0. The highest BCUT2D eigenvalue weighted by atomic mass is 16.4. The van der Waals surface area contributed by atoms with Gasteiger partial charge in [0.25, 0.3) is 11.5 Å². The number of aromatic amines is 1. The van der Waals surface area contributed by atoms with E-state index in [1.807, 2.05) is 0 Å². The second kappa shape index (κ2) is 5.95. The first-order valence-corrected chi connectivity index (χ1v) is 7.71. The third-order valence-corrected chi connectivity index (χ3v) is 4.38. The van der Waals surface area contributed by atoms with Crippen molar-refractivity contribution in [2.75, 3.05) is 0 Å². The first kappa shape index (κ1) is 16.0. The van der Waals surface area contributed by atoms with Crippen LogP contribution >= 0.6 is 0 Å². The van der Waals surface area contributed by atoms with Crippen molar-refractivity contribution >= 4 is 22.8 Å². The lowest BCUT2D eigenvalue weighted by molar-refractivity contribution is -0.145. The number of benzene rings is 1. The molecule has 1 heterocycles. The Morgan fingerprint density at radius 3 is 2.67 bits per heavy atom. The van der Waals surface area contributed by atoms with Crippen LogP contribution in [0.1, 0.15) is 30.1 Å². The maximum Gasteiger partial charge on any atom is 0.328 e. The first-order valence-electron chi connectivity index (χ1n) is 7.71. The fourth-order valence-corrected chi connectivity index (χ4v) is 2.89. The summed E-state index contributed by atoms with van der Waals surface area (Å²) in [5.41, 5.74) is -0.299. The predicted molar refractivity (Wildman–Crippen MR) is 86.1 cm³/mol. The van der Waals surface area contributed by atoms with Gasteiger partial charge in [-0.05, 0) is 38.0 Å². The van der Waals surface area contributed by atoms with Crippen LogP contribution in [0, 0.1) is 5.92 Å². The van der Waals surface area contributed by atoms with Gasteiger partial charge in [0.15, 0.2) is 0 Å². The molecule has 2 aromatic rings. The quantitative estimate of drug-likeness (QED) is 0.744. The summed E-state index contributed by atoms with van der Waals surface area (Å²) in [5.74, 6) is -1.61. The van der Waals surface area contributed by atoms with Gasteiger partial charge in [0, 0.05) is 18.2 Å². The third-order valence-electron chi connectivity index (χ3n) is 4.38. The van der Waals surface area contributed by atoms with Gasteiger partial charge in [0.05, 0.1) is 16.8 Å².